The van der Waals surface area contributed by atoms with Gasteiger partial charge in [-0.3, -0.25) is 0 Å². The lowest BCUT2D eigenvalue weighted by Gasteiger charge is -2.31. The average Bonchev–Trinajstić information content (AvgIpc) is 3.87. The number of hydrogen-bond donors (Lipinski definition) is 0. The molecular weight excluding hydrogens is 675 g/mol. The molecule has 0 unspecified atom stereocenters. The van der Waals surface area contributed by atoms with Crippen LogP contribution in [0, 0.1) is 0 Å². The van der Waals surface area contributed by atoms with Crippen molar-refractivity contribution in [3.8, 4) is 33.4 Å². The molecule has 8 aromatic carbocycles. The Morgan fingerprint density at radius 2 is 0.963 bits per heavy atom. The predicted octanol–water partition coefficient (Wildman–Crippen LogP) is 15.1. The third kappa shape index (κ3) is 4.46. The molecule has 54 heavy (non-hydrogen) atoms. The molecular formula is C51H35NOS. The second-order valence-electron chi connectivity index (χ2n) is 14.8. The first-order valence-electron chi connectivity index (χ1n) is 18.6. The van der Waals surface area contributed by atoms with Crippen LogP contribution in [0.4, 0.5) is 17.1 Å². The Hall–Kier alpha value is -6.42. The molecule has 0 aliphatic heterocycles. The number of benzene rings is 8. The van der Waals surface area contributed by atoms with Crippen molar-refractivity contribution >= 4 is 70.5 Å². The number of rotatable bonds is 5. The van der Waals surface area contributed by atoms with Gasteiger partial charge in [0.15, 0.2) is 0 Å². The molecule has 0 spiro atoms. The fraction of sp³-hybridized carbons (Fsp3) is 0.0588. The maximum Gasteiger partial charge on any atom is 0.136 e. The number of hydrogen-bond acceptors (Lipinski definition) is 3. The van der Waals surface area contributed by atoms with Crippen LogP contribution in [-0.2, 0) is 5.41 Å². The fourth-order valence-corrected chi connectivity index (χ4v) is 10.3. The molecule has 1 aliphatic rings. The molecule has 0 atom stereocenters. The summed E-state index contributed by atoms with van der Waals surface area (Å²) in [7, 11) is 0. The third-order valence-corrected chi connectivity index (χ3v) is 12.7. The van der Waals surface area contributed by atoms with Crippen molar-refractivity contribution in [3.05, 3.63) is 187 Å². The largest absolute Gasteiger partial charge is 0.456 e. The Bertz CT molecular complexity index is 3110. The molecule has 0 amide bonds. The third-order valence-electron chi connectivity index (χ3n) is 11.5. The van der Waals surface area contributed by atoms with Gasteiger partial charge < -0.3 is 9.32 Å². The fourth-order valence-electron chi connectivity index (χ4n) is 9.07. The van der Waals surface area contributed by atoms with Crippen molar-refractivity contribution in [2.45, 2.75) is 19.3 Å². The quantitative estimate of drug-likeness (QED) is 0.177. The van der Waals surface area contributed by atoms with Crippen molar-refractivity contribution in [1.29, 1.82) is 0 Å². The monoisotopic (exact) mass is 709 g/mol. The zero-order valence-corrected chi connectivity index (χ0v) is 30.8. The number of furan rings is 1. The summed E-state index contributed by atoms with van der Waals surface area (Å²) in [4.78, 5) is 2.52. The second kappa shape index (κ2) is 11.8. The maximum absolute atomic E-state index is 6.43. The molecule has 10 aromatic rings. The molecule has 2 nitrogen and oxygen atoms in total. The molecule has 2 aromatic heterocycles. The lowest BCUT2D eigenvalue weighted by Crippen LogP contribution is -2.15. The number of thiophene rings is 1. The molecule has 1 aliphatic carbocycles. The number of fused-ring (bicyclic) bond motifs is 9. The van der Waals surface area contributed by atoms with Gasteiger partial charge in [-0.25, -0.2) is 0 Å². The lowest BCUT2D eigenvalue weighted by molar-refractivity contribution is 0.660. The van der Waals surface area contributed by atoms with E-state index >= 15 is 0 Å². The maximum atomic E-state index is 6.43. The van der Waals surface area contributed by atoms with Gasteiger partial charge in [-0.15, -0.1) is 11.3 Å². The van der Waals surface area contributed by atoms with Crippen LogP contribution in [0.3, 0.4) is 0 Å². The van der Waals surface area contributed by atoms with E-state index < -0.39 is 0 Å². The Morgan fingerprint density at radius 1 is 0.426 bits per heavy atom. The van der Waals surface area contributed by atoms with Crippen molar-refractivity contribution in [2.75, 3.05) is 4.90 Å². The van der Waals surface area contributed by atoms with Crippen LogP contribution in [0.1, 0.15) is 25.0 Å². The number of anilines is 3. The first-order chi connectivity index (χ1) is 26.6. The van der Waals surface area contributed by atoms with Gasteiger partial charge in [-0.05, 0) is 69.8 Å². The summed E-state index contributed by atoms with van der Waals surface area (Å²) in [6.45, 7) is 4.72. The molecule has 0 radical (unpaired) electrons. The Balaban J connectivity index is 1.24. The van der Waals surface area contributed by atoms with Gasteiger partial charge in [0.25, 0.3) is 0 Å². The average molecular weight is 710 g/mol. The van der Waals surface area contributed by atoms with Gasteiger partial charge in [0.2, 0.25) is 0 Å². The zero-order valence-electron chi connectivity index (χ0n) is 30.0. The Labute approximate surface area is 318 Å². The molecule has 0 N–H and O–H groups in total. The summed E-state index contributed by atoms with van der Waals surface area (Å²) in [5.41, 5.74) is 15.2. The van der Waals surface area contributed by atoms with Gasteiger partial charge in [0, 0.05) is 42.8 Å². The zero-order chi connectivity index (χ0) is 36.0. The van der Waals surface area contributed by atoms with Crippen LogP contribution in [-0.4, -0.2) is 0 Å². The van der Waals surface area contributed by atoms with E-state index in [4.69, 9.17) is 4.42 Å². The lowest BCUT2D eigenvalue weighted by atomic mass is 9.82. The highest BCUT2D eigenvalue weighted by Crippen LogP contribution is 2.55. The molecule has 256 valence electrons. The van der Waals surface area contributed by atoms with Gasteiger partial charge in [-0.1, -0.05) is 153 Å². The van der Waals surface area contributed by atoms with Gasteiger partial charge in [-0.2, -0.15) is 0 Å². The van der Waals surface area contributed by atoms with Crippen LogP contribution < -0.4 is 4.90 Å². The molecule has 0 saturated carbocycles. The van der Waals surface area contributed by atoms with E-state index in [1.165, 1.54) is 53.6 Å². The molecule has 11 rings (SSSR count). The minimum atomic E-state index is -0.0993. The smallest absolute Gasteiger partial charge is 0.136 e. The van der Waals surface area contributed by atoms with E-state index in [0.29, 0.717) is 0 Å². The van der Waals surface area contributed by atoms with E-state index in [1.54, 1.807) is 0 Å². The van der Waals surface area contributed by atoms with E-state index in [1.807, 2.05) is 17.4 Å². The predicted molar refractivity (Wildman–Crippen MR) is 230 cm³/mol. The number of para-hydroxylation sites is 3. The SMILES string of the molecule is CC1(C)c2ccccc2-c2c(-c3ccccc3N(c3ccccc3-c3cccc4oc5ccccc5c34)c3cccc4c3sc3ccccc34)cccc21. The molecule has 0 bridgehead atoms. The van der Waals surface area contributed by atoms with Crippen LogP contribution >= 0.6 is 11.3 Å². The summed E-state index contributed by atoms with van der Waals surface area (Å²) in [6.07, 6.45) is 0. The molecule has 3 heteroatoms. The summed E-state index contributed by atoms with van der Waals surface area (Å²) in [6, 6.07) is 64.1. The Kier molecular flexibility index (Phi) is 6.80. The normalized spacial score (nSPS) is 13.1. The standard InChI is InChI=1S/C51H35NOS/c1-51(2)40-24-8-3-19-38(40)48-35(21-13-25-41(48)51)32-16-4-9-26-42(32)52(44-28-14-23-37-34-18-7-12-31-47(34)54-50(37)44)43-27-10-5-17-33(43)36-22-15-30-46-49(36)39-20-6-11-29-45(39)53-46/h3-31H,1-2H3. The summed E-state index contributed by atoms with van der Waals surface area (Å²) >= 11 is 1.87. The molecule has 0 saturated heterocycles. The van der Waals surface area contributed by atoms with Crippen molar-refractivity contribution in [2.24, 2.45) is 0 Å². The Morgan fingerprint density at radius 3 is 1.80 bits per heavy atom. The molecule has 0 fully saturated rings. The van der Waals surface area contributed by atoms with Crippen LogP contribution in [0.15, 0.2) is 180 Å². The first kappa shape index (κ1) is 31.1. The van der Waals surface area contributed by atoms with E-state index in [0.717, 1.165) is 50.1 Å². The first-order valence-corrected chi connectivity index (χ1v) is 19.4. The van der Waals surface area contributed by atoms with Gasteiger partial charge in [0.05, 0.1) is 21.8 Å². The summed E-state index contributed by atoms with van der Waals surface area (Å²) in [5, 5.41) is 4.81. The van der Waals surface area contributed by atoms with E-state index in [9.17, 15) is 0 Å². The summed E-state index contributed by atoms with van der Waals surface area (Å²) < 4.78 is 8.98. The van der Waals surface area contributed by atoms with Crippen molar-refractivity contribution in [1.82, 2.24) is 0 Å². The van der Waals surface area contributed by atoms with Crippen LogP contribution in [0.25, 0.3) is 75.5 Å². The highest BCUT2D eigenvalue weighted by molar-refractivity contribution is 7.26. The topological polar surface area (TPSA) is 16.4 Å². The number of nitrogens with zero attached hydrogens (tertiary/aromatic N) is 1. The van der Waals surface area contributed by atoms with E-state index in [-0.39, 0.29) is 5.41 Å². The summed E-state index contributed by atoms with van der Waals surface area (Å²) in [5.74, 6) is 0. The van der Waals surface area contributed by atoms with Crippen molar-refractivity contribution in [3.63, 3.8) is 0 Å². The van der Waals surface area contributed by atoms with Crippen LogP contribution in [0.2, 0.25) is 0 Å². The van der Waals surface area contributed by atoms with Gasteiger partial charge in [0.1, 0.15) is 11.2 Å². The highest BCUT2D eigenvalue weighted by Gasteiger charge is 2.37. The highest BCUT2D eigenvalue weighted by atomic mass is 32.1. The van der Waals surface area contributed by atoms with E-state index in [2.05, 4.69) is 189 Å². The van der Waals surface area contributed by atoms with Crippen LogP contribution in [0.5, 0.6) is 0 Å². The molecule has 2 heterocycles. The van der Waals surface area contributed by atoms with Crippen molar-refractivity contribution < 1.29 is 4.42 Å². The second-order valence-corrected chi connectivity index (χ2v) is 15.8. The minimum Gasteiger partial charge on any atom is -0.456 e. The minimum absolute atomic E-state index is 0.0993. The van der Waals surface area contributed by atoms with Gasteiger partial charge >= 0.3 is 0 Å².